The normalized spacial score (nSPS) is 28.1. The summed E-state index contributed by atoms with van der Waals surface area (Å²) in [6.45, 7) is 2.98. The first kappa shape index (κ1) is 14.2. The van der Waals surface area contributed by atoms with E-state index in [0.717, 1.165) is 38.0 Å². The predicted molar refractivity (Wildman–Crippen MR) is 80.3 cm³/mol. The smallest absolute Gasteiger partial charge is 0.243 e. The second-order valence-corrected chi connectivity index (χ2v) is 7.52. The van der Waals surface area contributed by atoms with E-state index < -0.39 is 0 Å². The minimum absolute atomic E-state index is 0.0578. The first-order chi connectivity index (χ1) is 9.65. The fourth-order valence-corrected chi connectivity index (χ4v) is 4.16. The summed E-state index contributed by atoms with van der Waals surface area (Å²) in [6, 6.07) is -0.235. The van der Waals surface area contributed by atoms with E-state index in [0.29, 0.717) is 11.3 Å². The monoisotopic (exact) mass is 296 g/mol. The molecule has 1 heterocycles. The van der Waals surface area contributed by atoms with Crippen molar-refractivity contribution >= 4 is 23.6 Å². The van der Waals surface area contributed by atoms with Crippen molar-refractivity contribution < 1.29 is 9.59 Å². The lowest BCUT2D eigenvalue weighted by Crippen LogP contribution is -2.50. The number of thioether (sulfide) groups is 1. The van der Waals surface area contributed by atoms with Crippen LogP contribution in [-0.2, 0) is 9.59 Å². The largest absolute Gasteiger partial charge is 0.354 e. The molecule has 5 heteroatoms. The number of carbonyl (C=O) groups excluding carboxylic acids is 2. The summed E-state index contributed by atoms with van der Waals surface area (Å²) in [7, 11) is 0. The topological polar surface area (TPSA) is 49.4 Å². The lowest BCUT2D eigenvalue weighted by atomic mass is 9.84. The first-order valence-corrected chi connectivity index (χ1v) is 8.97. The number of nitrogens with one attached hydrogen (secondary N) is 1. The van der Waals surface area contributed by atoms with E-state index in [2.05, 4.69) is 12.2 Å². The summed E-state index contributed by atoms with van der Waals surface area (Å²) in [5, 5.41) is 3.09. The minimum Gasteiger partial charge on any atom is -0.354 e. The molecule has 0 bridgehead atoms. The van der Waals surface area contributed by atoms with Gasteiger partial charge < -0.3 is 10.2 Å². The van der Waals surface area contributed by atoms with Crippen molar-refractivity contribution in [3.8, 4) is 0 Å². The maximum Gasteiger partial charge on any atom is 0.243 e. The van der Waals surface area contributed by atoms with E-state index in [-0.39, 0.29) is 23.8 Å². The average molecular weight is 296 g/mol. The van der Waals surface area contributed by atoms with E-state index >= 15 is 0 Å². The molecule has 1 aliphatic heterocycles. The maximum absolute atomic E-state index is 12.4. The van der Waals surface area contributed by atoms with Crippen LogP contribution in [0.15, 0.2) is 0 Å². The Kier molecular flexibility index (Phi) is 3.98. The van der Waals surface area contributed by atoms with Gasteiger partial charge in [0.2, 0.25) is 11.8 Å². The number of carbonyl (C=O) groups is 2. The summed E-state index contributed by atoms with van der Waals surface area (Å²) in [5.41, 5.74) is 0.365. The highest BCUT2D eigenvalue weighted by atomic mass is 32.2. The molecule has 4 nitrogen and oxygen atoms in total. The van der Waals surface area contributed by atoms with Gasteiger partial charge in [-0.3, -0.25) is 9.59 Å². The van der Waals surface area contributed by atoms with E-state index in [1.165, 1.54) is 12.8 Å². The molecule has 3 rings (SSSR count). The summed E-state index contributed by atoms with van der Waals surface area (Å²) < 4.78 is 0. The molecular formula is C15H24N2O2S. The van der Waals surface area contributed by atoms with Crippen LogP contribution in [0.2, 0.25) is 0 Å². The molecule has 0 aromatic heterocycles. The first-order valence-electron chi connectivity index (χ1n) is 7.81. The Morgan fingerprint density at radius 2 is 2.10 bits per heavy atom. The molecule has 2 saturated carbocycles. The molecule has 1 atom stereocenters. The van der Waals surface area contributed by atoms with Crippen LogP contribution in [0.4, 0.5) is 0 Å². The van der Waals surface area contributed by atoms with Crippen LogP contribution in [0.5, 0.6) is 0 Å². The van der Waals surface area contributed by atoms with Crippen molar-refractivity contribution in [3.63, 3.8) is 0 Å². The Morgan fingerprint density at radius 3 is 2.65 bits per heavy atom. The van der Waals surface area contributed by atoms with Crippen LogP contribution in [0.3, 0.4) is 0 Å². The Morgan fingerprint density at radius 1 is 1.35 bits per heavy atom. The number of nitrogens with zero attached hydrogens (tertiary/aromatic N) is 1. The van der Waals surface area contributed by atoms with Gasteiger partial charge in [-0.25, -0.2) is 0 Å². The van der Waals surface area contributed by atoms with E-state index in [9.17, 15) is 9.59 Å². The molecule has 2 aliphatic carbocycles. The van der Waals surface area contributed by atoms with E-state index in [1.54, 1.807) is 11.8 Å². The molecule has 3 aliphatic rings. The second kappa shape index (κ2) is 5.58. The highest BCUT2D eigenvalue weighted by molar-refractivity contribution is 7.99. The lowest BCUT2D eigenvalue weighted by molar-refractivity contribution is -0.143. The zero-order chi connectivity index (χ0) is 14.2. The summed E-state index contributed by atoms with van der Waals surface area (Å²) in [6.07, 6.45) is 6.77. The fourth-order valence-electron chi connectivity index (χ4n) is 2.99. The number of hydrogen-bond donors (Lipinski definition) is 1. The van der Waals surface area contributed by atoms with Crippen molar-refractivity contribution in [2.45, 2.75) is 51.5 Å². The van der Waals surface area contributed by atoms with E-state index in [1.807, 2.05) is 4.90 Å². The van der Waals surface area contributed by atoms with Gasteiger partial charge in [-0.2, -0.15) is 0 Å². The number of amides is 2. The molecule has 2 amide bonds. The predicted octanol–water partition coefficient (Wildman–Crippen LogP) is 1.99. The van der Waals surface area contributed by atoms with Gasteiger partial charge in [0, 0.05) is 18.2 Å². The quantitative estimate of drug-likeness (QED) is 0.844. The van der Waals surface area contributed by atoms with Crippen LogP contribution in [0.1, 0.15) is 45.4 Å². The molecule has 0 radical (unpaired) electrons. The van der Waals surface area contributed by atoms with Gasteiger partial charge >= 0.3 is 0 Å². The third-order valence-corrected chi connectivity index (χ3v) is 6.28. The zero-order valence-corrected chi connectivity index (χ0v) is 13.0. The minimum atomic E-state index is -0.235. The van der Waals surface area contributed by atoms with Gasteiger partial charge in [-0.1, -0.05) is 13.3 Å². The van der Waals surface area contributed by atoms with Crippen LogP contribution >= 0.6 is 11.8 Å². The molecule has 1 saturated heterocycles. The van der Waals surface area contributed by atoms with Crippen molar-refractivity contribution in [2.75, 3.05) is 18.2 Å². The van der Waals surface area contributed by atoms with Gasteiger partial charge in [0.1, 0.15) is 6.04 Å². The lowest BCUT2D eigenvalue weighted by Gasteiger charge is -2.31. The van der Waals surface area contributed by atoms with Crippen molar-refractivity contribution in [1.82, 2.24) is 10.2 Å². The SMILES string of the molecule is CCC1(CNC(=O)[C@H]2CSCN2C(=O)C2CCC2)CC1. The molecule has 0 aromatic rings. The summed E-state index contributed by atoms with van der Waals surface area (Å²) in [4.78, 5) is 26.5. The van der Waals surface area contributed by atoms with Crippen LogP contribution in [-0.4, -0.2) is 40.9 Å². The Bertz CT molecular complexity index is 405. The van der Waals surface area contributed by atoms with Crippen molar-refractivity contribution in [1.29, 1.82) is 0 Å². The highest BCUT2D eigenvalue weighted by Gasteiger charge is 2.43. The summed E-state index contributed by atoms with van der Waals surface area (Å²) >= 11 is 1.70. The zero-order valence-electron chi connectivity index (χ0n) is 12.2. The van der Waals surface area contributed by atoms with Gasteiger partial charge in [-0.15, -0.1) is 11.8 Å². The fraction of sp³-hybridized carbons (Fsp3) is 0.867. The molecule has 3 fully saturated rings. The Balaban J connectivity index is 1.54. The number of rotatable bonds is 5. The van der Waals surface area contributed by atoms with Gasteiger partial charge in [0.15, 0.2) is 0 Å². The average Bonchev–Trinajstić information content (AvgIpc) is 3.00. The van der Waals surface area contributed by atoms with Gasteiger partial charge in [0.05, 0.1) is 5.88 Å². The molecular weight excluding hydrogens is 272 g/mol. The standard InChI is InChI=1S/C15H24N2O2S/c1-2-15(6-7-15)9-16-13(18)12-8-20-10-17(12)14(19)11-4-3-5-11/h11-12H,2-10H2,1H3,(H,16,18)/t12-/m1/s1. The Hall–Kier alpha value is -0.710. The maximum atomic E-state index is 12.4. The van der Waals surface area contributed by atoms with Crippen molar-refractivity contribution in [2.24, 2.45) is 11.3 Å². The molecule has 1 N–H and O–H groups in total. The van der Waals surface area contributed by atoms with Crippen LogP contribution in [0.25, 0.3) is 0 Å². The van der Waals surface area contributed by atoms with Crippen molar-refractivity contribution in [3.05, 3.63) is 0 Å². The van der Waals surface area contributed by atoms with Gasteiger partial charge in [-0.05, 0) is 37.5 Å². The van der Waals surface area contributed by atoms with Crippen LogP contribution in [0, 0.1) is 11.3 Å². The van der Waals surface area contributed by atoms with E-state index in [4.69, 9.17) is 0 Å². The highest BCUT2D eigenvalue weighted by Crippen LogP contribution is 2.47. The number of hydrogen-bond acceptors (Lipinski definition) is 3. The summed E-state index contributed by atoms with van der Waals surface area (Å²) in [5.74, 6) is 1.89. The van der Waals surface area contributed by atoms with Crippen LogP contribution < -0.4 is 5.32 Å². The molecule has 112 valence electrons. The van der Waals surface area contributed by atoms with Gasteiger partial charge in [0.25, 0.3) is 0 Å². The molecule has 20 heavy (non-hydrogen) atoms. The third kappa shape index (κ3) is 2.69. The second-order valence-electron chi connectivity index (χ2n) is 6.52. The third-order valence-electron chi connectivity index (χ3n) is 5.27. The molecule has 0 spiro atoms. The Labute approximate surface area is 125 Å². The molecule has 0 aromatic carbocycles. The molecule has 0 unspecified atom stereocenters.